The summed E-state index contributed by atoms with van der Waals surface area (Å²) >= 11 is 1.47. The number of urea groups is 1. The van der Waals surface area contributed by atoms with Crippen molar-refractivity contribution in [1.29, 1.82) is 0 Å². The summed E-state index contributed by atoms with van der Waals surface area (Å²) in [4.78, 5) is 34.8. The molecule has 0 fully saturated rings. The van der Waals surface area contributed by atoms with Crippen LogP contribution in [0.4, 0.5) is 16.2 Å². The highest BCUT2D eigenvalue weighted by molar-refractivity contribution is 7.08. The highest BCUT2D eigenvalue weighted by Gasteiger charge is 2.06. The van der Waals surface area contributed by atoms with Crippen molar-refractivity contribution < 1.29 is 14.4 Å². The van der Waals surface area contributed by atoms with Crippen LogP contribution >= 0.6 is 11.3 Å². The van der Waals surface area contributed by atoms with Crippen LogP contribution in [0.2, 0.25) is 0 Å². The Morgan fingerprint density at radius 1 is 1.00 bits per heavy atom. The van der Waals surface area contributed by atoms with E-state index in [-0.39, 0.29) is 17.8 Å². The lowest BCUT2D eigenvalue weighted by Crippen LogP contribution is -2.25. The van der Waals surface area contributed by atoms with E-state index < -0.39 is 0 Å². The lowest BCUT2D eigenvalue weighted by molar-refractivity contribution is -0.116. The second kappa shape index (κ2) is 9.43. The van der Waals surface area contributed by atoms with Gasteiger partial charge in [-0.05, 0) is 42.1 Å². The summed E-state index contributed by atoms with van der Waals surface area (Å²) in [6.07, 6.45) is 0.861. The quantitative estimate of drug-likeness (QED) is 0.571. The maximum atomic E-state index is 11.9. The van der Waals surface area contributed by atoms with Gasteiger partial charge in [0, 0.05) is 42.3 Å². The molecule has 8 heteroatoms. The number of rotatable bonds is 7. The van der Waals surface area contributed by atoms with Crippen molar-refractivity contribution in [1.82, 2.24) is 10.6 Å². The molecule has 0 atom stereocenters. The zero-order valence-electron chi connectivity index (χ0n) is 13.8. The van der Waals surface area contributed by atoms with Gasteiger partial charge in [0.1, 0.15) is 0 Å². The number of anilines is 2. The van der Waals surface area contributed by atoms with Gasteiger partial charge in [-0.3, -0.25) is 9.59 Å². The van der Waals surface area contributed by atoms with Gasteiger partial charge in [-0.1, -0.05) is 0 Å². The van der Waals surface area contributed by atoms with Crippen LogP contribution < -0.4 is 21.3 Å². The first kappa shape index (κ1) is 18.5. The average Bonchev–Trinajstić information content (AvgIpc) is 3.15. The molecule has 0 bridgehead atoms. The molecule has 1 heterocycles. The minimum absolute atomic E-state index is 0.124. The molecule has 4 amide bonds. The molecule has 0 aliphatic rings. The monoisotopic (exact) mass is 360 g/mol. The van der Waals surface area contributed by atoms with Gasteiger partial charge in [0.25, 0.3) is 5.91 Å². The minimum Gasteiger partial charge on any atom is -0.352 e. The molecular formula is C17H20N4O3S. The normalized spacial score (nSPS) is 9.96. The van der Waals surface area contributed by atoms with Gasteiger partial charge < -0.3 is 21.3 Å². The Hall–Kier alpha value is -2.87. The van der Waals surface area contributed by atoms with Crippen molar-refractivity contribution in [2.75, 3.05) is 24.2 Å². The van der Waals surface area contributed by atoms with Gasteiger partial charge in [-0.15, -0.1) is 0 Å². The van der Waals surface area contributed by atoms with Crippen molar-refractivity contribution in [2.24, 2.45) is 0 Å². The summed E-state index contributed by atoms with van der Waals surface area (Å²) in [5.41, 5.74) is 1.92. The van der Waals surface area contributed by atoms with Crippen molar-refractivity contribution in [2.45, 2.75) is 12.8 Å². The van der Waals surface area contributed by atoms with E-state index in [0.717, 1.165) is 0 Å². The summed E-state index contributed by atoms with van der Waals surface area (Å²) in [5, 5.41) is 14.3. The molecule has 0 saturated heterocycles. The van der Waals surface area contributed by atoms with E-state index in [1.807, 2.05) is 5.38 Å². The fraction of sp³-hybridized carbons (Fsp3) is 0.235. The van der Waals surface area contributed by atoms with E-state index in [9.17, 15) is 14.4 Å². The molecule has 0 aliphatic heterocycles. The van der Waals surface area contributed by atoms with Gasteiger partial charge in [0.05, 0.1) is 0 Å². The molecule has 132 valence electrons. The Labute approximate surface area is 149 Å². The molecule has 0 saturated carbocycles. The third kappa shape index (κ3) is 6.27. The van der Waals surface area contributed by atoms with E-state index in [1.54, 1.807) is 35.7 Å². The number of amides is 4. The predicted molar refractivity (Wildman–Crippen MR) is 99.0 cm³/mol. The van der Waals surface area contributed by atoms with Crippen LogP contribution in [0.15, 0.2) is 41.1 Å². The van der Waals surface area contributed by atoms with Crippen LogP contribution in [-0.4, -0.2) is 31.4 Å². The third-order valence-corrected chi connectivity index (χ3v) is 3.99. The Balaban J connectivity index is 1.68. The molecule has 7 nitrogen and oxygen atoms in total. The van der Waals surface area contributed by atoms with E-state index in [2.05, 4.69) is 21.3 Å². The first-order valence-electron chi connectivity index (χ1n) is 7.77. The van der Waals surface area contributed by atoms with E-state index in [4.69, 9.17) is 0 Å². The zero-order chi connectivity index (χ0) is 18.1. The van der Waals surface area contributed by atoms with Gasteiger partial charge in [0.2, 0.25) is 5.91 Å². The lowest BCUT2D eigenvalue weighted by atomic mass is 10.2. The fourth-order valence-electron chi connectivity index (χ4n) is 2.00. The summed E-state index contributed by atoms with van der Waals surface area (Å²) in [5.74, 6) is -0.252. The van der Waals surface area contributed by atoms with Crippen LogP contribution in [0, 0.1) is 0 Å². The van der Waals surface area contributed by atoms with Gasteiger partial charge in [-0.25, -0.2) is 4.79 Å². The molecule has 1 aromatic carbocycles. The molecular weight excluding hydrogens is 340 g/mol. The van der Waals surface area contributed by atoms with Crippen LogP contribution in [0.25, 0.3) is 0 Å². The molecule has 2 aromatic rings. The maximum Gasteiger partial charge on any atom is 0.318 e. The first-order chi connectivity index (χ1) is 12.1. The Bertz CT molecular complexity index is 714. The number of carbonyl (C=O) groups excluding carboxylic acids is 3. The Morgan fingerprint density at radius 2 is 1.68 bits per heavy atom. The Morgan fingerprint density at radius 3 is 2.28 bits per heavy atom. The maximum absolute atomic E-state index is 11.9. The molecule has 2 rings (SSSR count). The van der Waals surface area contributed by atoms with E-state index in [0.29, 0.717) is 36.3 Å². The van der Waals surface area contributed by atoms with Crippen molar-refractivity contribution in [3.05, 3.63) is 46.7 Å². The summed E-state index contributed by atoms with van der Waals surface area (Å²) in [6.45, 7) is 0.442. The summed E-state index contributed by atoms with van der Waals surface area (Å²) in [7, 11) is 1.53. The molecule has 1 aromatic heterocycles. The second-order valence-corrected chi connectivity index (χ2v) is 5.98. The van der Waals surface area contributed by atoms with Crippen LogP contribution in [0.1, 0.15) is 23.2 Å². The largest absolute Gasteiger partial charge is 0.352 e. The molecule has 0 radical (unpaired) electrons. The predicted octanol–water partition coefficient (Wildman–Crippen LogP) is 2.65. The SMILES string of the molecule is CNC(=O)Nc1ccc(NC(=O)CCCNC(=O)c2ccsc2)cc1. The zero-order valence-corrected chi connectivity index (χ0v) is 14.6. The number of carbonyl (C=O) groups is 3. The van der Waals surface area contributed by atoms with E-state index in [1.165, 1.54) is 18.4 Å². The highest BCUT2D eigenvalue weighted by Crippen LogP contribution is 2.14. The second-order valence-electron chi connectivity index (χ2n) is 5.20. The van der Waals surface area contributed by atoms with Crippen LogP contribution in [0.5, 0.6) is 0 Å². The smallest absolute Gasteiger partial charge is 0.318 e. The topological polar surface area (TPSA) is 99.3 Å². The van der Waals surface area contributed by atoms with Crippen molar-refractivity contribution >= 4 is 40.6 Å². The fourth-order valence-corrected chi connectivity index (χ4v) is 2.64. The number of thiophene rings is 1. The van der Waals surface area contributed by atoms with Gasteiger partial charge in [-0.2, -0.15) is 11.3 Å². The molecule has 25 heavy (non-hydrogen) atoms. The molecule has 0 aliphatic carbocycles. The number of benzene rings is 1. The lowest BCUT2D eigenvalue weighted by Gasteiger charge is -2.08. The number of nitrogens with one attached hydrogen (secondary N) is 4. The standard InChI is InChI=1S/C17H20N4O3S/c1-18-17(24)21-14-6-4-13(5-7-14)20-15(22)3-2-9-19-16(23)12-8-10-25-11-12/h4-8,10-11H,2-3,9H2,1H3,(H,19,23)(H,20,22)(H2,18,21,24). The van der Waals surface area contributed by atoms with Gasteiger partial charge >= 0.3 is 6.03 Å². The van der Waals surface area contributed by atoms with Crippen LogP contribution in [0.3, 0.4) is 0 Å². The Kier molecular flexibility index (Phi) is 6.97. The summed E-state index contributed by atoms with van der Waals surface area (Å²) < 4.78 is 0. The van der Waals surface area contributed by atoms with E-state index >= 15 is 0 Å². The highest BCUT2D eigenvalue weighted by atomic mass is 32.1. The first-order valence-corrected chi connectivity index (χ1v) is 8.72. The average molecular weight is 360 g/mol. The van der Waals surface area contributed by atoms with Crippen molar-refractivity contribution in [3.8, 4) is 0 Å². The minimum atomic E-state index is -0.304. The molecule has 4 N–H and O–H groups in total. The van der Waals surface area contributed by atoms with Crippen LogP contribution in [-0.2, 0) is 4.79 Å². The third-order valence-electron chi connectivity index (χ3n) is 3.30. The molecule has 0 unspecified atom stereocenters. The number of hydrogen-bond acceptors (Lipinski definition) is 4. The van der Waals surface area contributed by atoms with Gasteiger partial charge in [0.15, 0.2) is 0 Å². The number of hydrogen-bond donors (Lipinski definition) is 4. The van der Waals surface area contributed by atoms with Crippen molar-refractivity contribution in [3.63, 3.8) is 0 Å². The summed E-state index contributed by atoms with van der Waals surface area (Å²) in [6, 6.07) is 8.28. The molecule has 0 spiro atoms.